The quantitative estimate of drug-likeness (QED) is 0.829. The maximum absolute atomic E-state index is 10.3. The summed E-state index contributed by atoms with van der Waals surface area (Å²) in [6.45, 7) is 5.82. The summed E-state index contributed by atoms with van der Waals surface area (Å²) in [7, 11) is 1.98. The zero-order chi connectivity index (χ0) is 13.7. The number of rotatable bonds is 6. The number of hydrogen-bond acceptors (Lipinski definition) is 4. The molecule has 0 amide bonds. The van der Waals surface area contributed by atoms with E-state index in [9.17, 15) is 5.11 Å². The number of aliphatic hydroxyl groups excluding tert-OH is 1. The third-order valence-corrected chi connectivity index (χ3v) is 3.73. The summed E-state index contributed by atoms with van der Waals surface area (Å²) in [6.07, 6.45) is 5.91. The van der Waals surface area contributed by atoms with Gasteiger partial charge in [0.2, 0.25) is 0 Å². The Morgan fingerprint density at radius 2 is 2.42 bits per heavy atom. The molecule has 0 spiro atoms. The van der Waals surface area contributed by atoms with Gasteiger partial charge in [-0.05, 0) is 19.4 Å². The largest absolute Gasteiger partial charge is 0.390 e. The average molecular weight is 267 g/mol. The highest BCUT2D eigenvalue weighted by atomic mass is 16.5. The van der Waals surface area contributed by atoms with Crippen molar-refractivity contribution in [3.8, 4) is 0 Å². The van der Waals surface area contributed by atoms with E-state index in [2.05, 4.69) is 16.8 Å². The standard InChI is InChI=1S/C14H25N3O2/c1-3-7-17-9-10-19-13(11-17)12(18)4-5-14-15-6-8-16(14)2/h6,8,12-13,18H,3-5,7,9-11H2,1-2H3. The van der Waals surface area contributed by atoms with Crippen molar-refractivity contribution in [2.24, 2.45) is 7.05 Å². The second-order valence-electron chi connectivity index (χ2n) is 5.27. The van der Waals surface area contributed by atoms with Crippen LogP contribution in [0.3, 0.4) is 0 Å². The van der Waals surface area contributed by atoms with Crippen LogP contribution in [0.15, 0.2) is 12.4 Å². The van der Waals surface area contributed by atoms with E-state index in [0.29, 0.717) is 6.42 Å². The van der Waals surface area contributed by atoms with Gasteiger partial charge in [0.15, 0.2) is 0 Å². The number of imidazole rings is 1. The highest BCUT2D eigenvalue weighted by Gasteiger charge is 2.26. The molecule has 1 fully saturated rings. The van der Waals surface area contributed by atoms with Crippen molar-refractivity contribution < 1.29 is 9.84 Å². The number of aryl methyl sites for hydroxylation is 2. The number of aliphatic hydroxyl groups is 1. The number of nitrogens with zero attached hydrogens (tertiary/aromatic N) is 3. The maximum atomic E-state index is 10.3. The van der Waals surface area contributed by atoms with Gasteiger partial charge in [-0.15, -0.1) is 0 Å². The highest BCUT2D eigenvalue weighted by Crippen LogP contribution is 2.13. The third-order valence-electron chi connectivity index (χ3n) is 3.73. The van der Waals surface area contributed by atoms with E-state index in [4.69, 9.17) is 4.74 Å². The fraction of sp³-hybridized carbons (Fsp3) is 0.786. The highest BCUT2D eigenvalue weighted by molar-refractivity contribution is 4.92. The molecular formula is C14H25N3O2. The summed E-state index contributed by atoms with van der Waals surface area (Å²) in [6, 6.07) is 0. The molecule has 1 saturated heterocycles. The molecule has 0 radical (unpaired) electrons. The Bertz CT molecular complexity index is 379. The van der Waals surface area contributed by atoms with E-state index in [1.54, 1.807) is 6.20 Å². The molecule has 19 heavy (non-hydrogen) atoms. The summed E-state index contributed by atoms with van der Waals surface area (Å²) in [5.41, 5.74) is 0. The lowest BCUT2D eigenvalue weighted by Crippen LogP contribution is -2.48. The van der Waals surface area contributed by atoms with E-state index in [-0.39, 0.29) is 6.10 Å². The molecule has 0 aliphatic carbocycles. The second-order valence-corrected chi connectivity index (χ2v) is 5.27. The van der Waals surface area contributed by atoms with E-state index >= 15 is 0 Å². The molecule has 108 valence electrons. The van der Waals surface area contributed by atoms with Crippen LogP contribution in [0.1, 0.15) is 25.6 Å². The summed E-state index contributed by atoms with van der Waals surface area (Å²) in [5, 5.41) is 10.3. The molecule has 1 aromatic heterocycles. The normalized spacial score (nSPS) is 22.6. The molecule has 1 aliphatic heterocycles. The van der Waals surface area contributed by atoms with Crippen molar-refractivity contribution in [2.75, 3.05) is 26.2 Å². The Balaban J connectivity index is 1.79. The minimum Gasteiger partial charge on any atom is -0.390 e. The number of aromatic nitrogens is 2. The fourth-order valence-electron chi connectivity index (χ4n) is 2.58. The fourth-order valence-corrected chi connectivity index (χ4v) is 2.58. The first kappa shape index (κ1) is 14.5. The predicted octanol–water partition coefficient (Wildman–Crippen LogP) is 0.824. The van der Waals surface area contributed by atoms with E-state index in [0.717, 1.165) is 44.9 Å². The SMILES string of the molecule is CCCN1CCOC(C(O)CCc2nccn2C)C1. The van der Waals surface area contributed by atoms with Crippen LogP contribution in [0.2, 0.25) is 0 Å². The van der Waals surface area contributed by atoms with Crippen LogP contribution in [0.25, 0.3) is 0 Å². The Morgan fingerprint density at radius 3 is 3.11 bits per heavy atom. The van der Waals surface area contributed by atoms with E-state index in [1.165, 1.54) is 0 Å². The molecule has 1 aromatic rings. The predicted molar refractivity (Wildman–Crippen MR) is 74.0 cm³/mol. The topological polar surface area (TPSA) is 50.5 Å². The van der Waals surface area contributed by atoms with Crippen molar-refractivity contribution >= 4 is 0 Å². The van der Waals surface area contributed by atoms with Crippen molar-refractivity contribution in [2.45, 2.75) is 38.4 Å². The smallest absolute Gasteiger partial charge is 0.108 e. The van der Waals surface area contributed by atoms with Gasteiger partial charge in [-0.3, -0.25) is 4.90 Å². The molecular weight excluding hydrogens is 242 g/mol. The monoisotopic (exact) mass is 267 g/mol. The lowest BCUT2D eigenvalue weighted by atomic mass is 10.1. The molecule has 5 nitrogen and oxygen atoms in total. The van der Waals surface area contributed by atoms with Gasteiger partial charge in [-0.2, -0.15) is 0 Å². The van der Waals surface area contributed by atoms with Crippen LogP contribution in [0.5, 0.6) is 0 Å². The zero-order valence-electron chi connectivity index (χ0n) is 12.0. The van der Waals surface area contributed by atoms with Crippen LogP contribution in [0.4, 0.5) is 0 Å². The summed E-state index contributed by atoms with van der Waals surface area (Å²) < 4.78 is 7.70. The Hall–Kier alpha value is -0.910. The van der Waals surface area contributed by atoms with Gasteiger partial charge in [0.25, 0.3) is 0 Å². The summed E-state index contributed by atoms with van der Waals surface area (Å²) >= 11 is 0. The minimum atomic E-state index is -0.406. The maximum Gasteiger partial charge on any atom is 0.108 e. The number of hydrogen-bond donors (Lipinski definition) is 1. The van der Waals surface area contributed by atoms with Gasteiger partial charge < -0.3 is 14.4 Å². The van der Waals surface area contributed by atoms with Gasteiger partial charge in [0.05, 0.1) is 18.8 Å². The Morgan fingerprint density at radius 1 is 1.58 bits per heavy atom. The summed E-state index contributed by atoms with van der Waals surface area (Å²) in [5.74, 6) is 1.01. The van der Waals surface area contributed by atoms with Crippen molar-refractivity contribution in [1.82, 2.24) is 14.5 Å². The van der Waals surface area contributed by atoms with Crippen molar-refractivity contribution in [3.05, 3.63) is 18.2 Å². The molecule has 2 atom stereocenters. The molecule has 0 aromatic carbocycles. The molecule has 0 bridgehead atoms. The second kappa shape index (κ2) is 7.03. The molecule has 2 unspecified atom stereocenters. The van der Waals surface area contributed by atoms with Crippen LogP contribution >= 0.6 is 0 Å². The van der Waals surface area contributed by atoms with Crippen molar-refractivity contribution in [1.29, 1.82) is 0 Å². The summed E-state index contributed by atoms with van der Waals surface area (Å²) in [4.78, 5) is 6.65. The van der Waals surface area contributed by atoms with Crippen LogP contribution in [-0.4, -0.2) is 58.0 Å². The molecule has 1 aliphatic rings. The molecule has 0 saturated carbocycles. The first-order valence-corrected chi connectivity index (χ1v) is 7.19. The zero-order valence-corrected chi connectivity index (χ0v) is 12.0. The lowest BCUT2D eigenvalue weighted by molar-refractivity contribution is -0.0901. The third kappa shape index (κ3) is 4.03. The molecule has 2 heterocycles. The number of morpholine rings is 1. The molecule has 5 heteroatoms. The van der Waals surface area contributed by atoms with E-state index < -0.39 is 6.10 Å². The van der Waals surface area contributed by atoms with Crippen LogP contribution in [-0.2, 0) is 18.2 Å². The Kier molecular flexibility index (Phi) is 5.36. The molecule has 2 rings (SSSR count). The number of ether oxygens (including phenoxy) is 1. The van der Waals surface area contributed by atoms with Gasteiger partial charge >= 0.3 is 0 Å². The van der Waals surface area contributed by atoms with E-state index in [1.807, 2.05) is 17.8 Å². The average Bonchev–Trinajstić information content (AvgIpc) is 2.82. The Labute approximate surface area is 115 Å². The lowest BCUT2D eigenvalue weighted by Gasteiger charge is -2.35. The molecule has 1 N–H and O–H groups in total. The minimum absolute atomic E-state index is 0.0550. The van der Waals surface area contributed by atoms with Gasteiger partial charge in [0, 0.05) is 39.0 Å². The van der Waals surface area contributed by atoms with Gasteiger partial charge in [-0.25, -0.2) is 4.98 Å². The van der Waals surface area contributed by atoms with Crippen molar-refractivity contribution in [3.63, 3.8) is 0 Å². The first-order valence-electron chi connectivity index (χ1n) is 7.19. The van der Waals surface area contributed by atoms with Crippen LogP contribution in [0, 0.1) is 0 Å². The van der Waals surface area contributed by atoms with Gasteiger partial charge in [-0.1, -0.05) is 6.92 Å². The van der Waals surface area contributed by atoms with Gasteiger partial charge in [0.1, 0.15) is 5.82 Å². The first-order chi connectivity index (χ1) is 9.20. The van der Waals surface area contributed by atoms with Crippen LogP contribution < -0.4 is 0 Å².